The van der Waals surface area contributed by atoms with E-state index >= 15 is 0 Å². The Morgan fingerprint density at radius 3 is 2.59 bits per heavy atom. The van der Waals surface area contributed by atoms with Crippen LogP contribution in [-0.2, 0) is 7.05 Å². The molecule has 2 aromatic heterocycles. The largest absolute Gasteiger partial charge is 0.290 e. The van der Waals surface area contributed by atoms with Crippen LogP contribution in [0.1, 0.15) is 27.3 Å². The maximum Gasteiger partial charge on any atom is 0.201 e. The Labute approximate surface area is 127 Å². The number of aryl methyl sites for hydroxylation is 3. The van der Waals surface area contributed by atoms with Crippen LogP contribution < -0.4 is 0 Å². The molecule has 5 nitrogen and oxygen atoms in total. The number of carbonyl (C=O) groups is 1. The molecule has 1 aromatic carbocycles. The number of hydrogen-bond acceptors (Lipinski definition) is 3. The second kappa shape index (κ2) is 5.22. The maximum absolute atomic E-state index is 13.9. The van der Waals surface area contributed by atoms with Crippen LogP contribution in [0.3, 0.4) is 0 Å². The third kappa shape index (κ3) is 2.22. The molecule has 0 bridgehead atoms. The van der Waals surface area contributed by atoms with Crippen LogP contribution in [0.25, 0.3) is 5.82 Å². The van der Waals surface area contributed by atoms with Gasteiger partial charge in [-0.05, 0) is 26.0 Å². The van der Waals surface area contributed by atoms with Crippen molar-refractivity contribution < 1.29 is 9.18 Å². The molecule has 0 aliphatic rings. The Kier molecular flexibility index (Phi) is 3.36. The number of imidazole rings is 1. The monoisotopic (exact) mass is 298 g/mol. The van der Waals surface area contributed by atoms with Crippen LogP contribution in [0.4, 0.5) is 4.39 Å². The molecule has 3 rings (SSSR count). The van der Waals surface area contributed by atoms with E-state index in [0.717, 1.165) is 5.69 Å². The third-order valence-corrected chi connectivity index (χ3v) is 3.49. The van der Waals surface area contributed by atoms with Crippen molar-refractivity contribution in [2.24, 2.45) is 7.05 Å². The lowest BCUT2D eigenvalue weighted by Crippen LogP contribution is -2.10. The Morgan fingerprint density at radius 2 is 1.95 bits per heavy atom. The van der Waals surface area contributed by atoms with Gasteiger partial charge in [-0.25, -0.2) is 9.37 Å². The van der Waals surface area contributed by atoms with Gasteiger partial charge in [0, 0.05) is 13.2 Å². The van der Waals surface area contributed by atoms with Gasteiger partial charge in [-0.1, -0.05) is 12.1 Å². The third-order valence-electron chi connectivity index (χ3n) is 3.49. The van der Waals surface area contributed by atoms with Crippen molar-refractivity contribution >= 4 is 5.78 Å². The zero-order chi connectivity index (χ0) is 15.9. The number of carbonyl (C=O) groups excluding carboxylic acids is 1. The fourth-order valence-corrected chi connectivity index (χ4v) is 2.53. The molecule has 112 valence electrons. The average Bonchev–Trinajstić information content (AvgIpc) is 3.01. The molecule has 3 aromatic rings. The summed E-state index contributed by atoms with van der Waals surface area (Å²) in [5.74, 6) is -0.347. The fourth-order valence-electron chi connectivity index (χ4n) is 2.53. The molecule has 0 amide bonds. The number of ketones is 1. The van der Waals surface area contributed by atoms with Crippen molar-refractivity contribution in [2.75, 3.05) is 0 Å². The first-order valence-electron chi connectivity index (χ1n) is 6.83. The molecule has 0 aliphatic heterocycles. The summed E-state index contributed by atoms with van der Waals surface area (Å²) in [7, 11) is 1.75. The quantitative estimate of drug-likeness (QED) is 0.698. The first kappa shape index (κ1) is 14.2. The summed E-state index contributed by atoms with van der Waals surface area (Å²) in [6.07, 6.45) is 3.42. The number of hydrogen-bond donors (Lipinski definition) is 0. The molecule has 0 aliphatic carbocycles. The van der Waals surface area contributed by atoms with E-state index in [1.54, 1.807) is 47.9 Å². The van der Waals surface area contributed by atoms with Crippen LogP contribution in [0.2, 0.25) is 0 Å². The summed E-state index contributed by atoms with van der Waals surface area (Å²) in [5, 5.41) is 4.30. The van der Waals surface area contributed by atoms with Crippen LogP contribution in [0.15, 0.2) is 36.8 Å². The minimum absolute atomic E-state index is 0.0386. The highest BCUT2D eigenvalue weighted by atomic mass is 19.1. The van der Waals surface area contributed by atoms with Crippen LogP contribution in [0.5, 0.6) is 0 Å². The molecule has 0 atom stereocenters. The summed E-state index contributed by atoms with van der Waals surface area (Å²) < 4.78 is 17.3. The van der Waals surface area contributed by atoms with Crippen molar-refractivity contribution in [1.82, 2.24) is 19.3 Å². The molecule has 0 spiro atoms. The zero-order valence-corrected chi connectivity index (χ0v) is 12.5. The number of nitrogens with zero attached hydrogens (tertiary/aromatic N) is 4. The molecule has 0 fully saturated rings. The van der Waals surface area contributed by atoms with E-state index in [1.165, 1.54) is 12.1 Å². The first-order valence-corrected chi connectivity index (χ1v) is 6.83. The van der Waals surface area contributed by atoms with Gasteiger partial charge < -0.3 is 0 Å². The summed E-state index contributed by atoms with van der Waals surface area (Å²) in [4.78, 5) is 16.9. The van der Waals surface area contributed by atoms with Crippen molar-refractivity contribution in [3.63, 3.8) is 0 Å². The summed E-state index contributed by atoms with van der Waals surface area (Å²) >= 11 is 0. The fraction of sp³-hybridized carbons (Fsp3) is 0.188. The van der Waals surface area contributed by atoms with Crippen molar-refractivity contribution in [2.45, 2.75) is 13.8 Å². The Balaban J connectivity index is 2.19. The molecule has 0 saturated heterocycles. The molecule has 0 saturated carbocycles. The van der Waals surface area contributed by atoms with E-state index in [1.807, 2.05) is 6.92 Å². The molecule has 0 radical (unpaired) electrons. The standard InChI is InChI=1S/C16H15FN4O/c1-10-8-21(9-18-10)16-14(11(2)19-20(16)3)15(22)12-6-4-5-7-13(12)17/h4-9H,1-3H3. The molecule has 22 heavy (non-hydrogen) atoms. The lowest BCUT2D eigenvalue weighted by molar-refractivity contribution is 0.103. The van der Waals surface area contributed by atoms with E-state index in [9.17, 15) is 9.18 Å². The Bertz CT molecular complexity index is 863. The van der Waals surface area contributed by atoms with E-state index in [0.29, 0.717) is 17.1 Å². The second-order valence-corrected chi connectivity index (χ2v) is 5.14. The highest BCUT2D eigenvalue weighted by Gasteiger charge is 2.24. The highest BCUT2D eigenvalue weighted by Crippen LogP contribution is 2.23. The number of benzene rings is 1. The van der Waals surface area contributed by atoms with Gasteiger partial charge in [0.15, 0.2) is 0 Å². The van der Waals surface area contributed by atoms with Crippen LogP contribution in [0, 0.1) is 19.7 Å². The first-order chi connectivity index (χ1) is 10.5. The van der Waals surface area contributed by atoms with Crippen molar-refractivity contribution in [3.8, 4) is 5.82 Å². The van der Waals surface area contributed by atoms with E-state index in [2.05, 4.69) is 10.1 Å². The number of aromatic nitrogens is 4. The zero-order valence-electron chi connectivity index (χ0n) is 12.5. The SMILES string of the molecule is Cc1cn(-c2c(C(=O)c3ccccc3F)c(C)nn2C)cn1. The number of halogens is 1. The topological polar surface area (TPSA) is 52.7 Å². The minimum Gasteiger partial charge on any atom is -0.290 e. The minimum atomic E-state index is -0.538. The Morgan fingerprint density at radius 1 is 1.23 bits per heavy atom. The maximum atomic E-state index is 13.9. The lowest BCUT2D eigenvalue weighted by Gasteiger charge is -2.07. The average molecular weight is 298 g/mol. The predicted molar refractivity (Wildman–Crippen MR) is 79.6 cm³/mol. The summed E-state index contributed by atoms with van der Waals surface area (Å²) in [6.45, 7) is 3.60. The molecular weight excluding hydrogens is 283 g/mol. The molecular formula is C16H15FN4O. The van der Waals surface area contributed by atoms with E-state index < -0.39 is 5.82 Å². The van der Waals surface area contributed by atoms with Crippen molar-refractivity contribution in [3.05, 3.63) is 65.1 Å². The normalized spacial score (nSPS) is 10.9. The summed E-state index contributed by atoms with van der Waals surface area (Å²) in [6, 6.07) is 5.96. The van der Waals surface area contributed by atoms with Crippen LogP contribution in [-0.4, -0.2) is 25.1 Å². The van der Waals surface area contributed by atoms with Gasteiger partial charge in [0.1, 0.15) is 18.0 Å². The van der Waals surface area contributed by atoms with Gasteiger partial charge in [-0.3, -0.25) is 14.0 Å². The highest BCUT2D eigenvalue weighted by molar-refractivity contribution is 6.11. The Hall–Kier alpha value is -2.76. The number of rotatable bonds is 3. The van der Waals surface area contributed by atoms with Crippen LogP contribution >= 0.6 is 0 Å². The predicted octanol–water partition coefficient (Wildman–Crippen LogP) is 2.59. The van der Waals surface area contributed by atoms with Gasteiger partial charge >= 0.3 is 0 Å². The van der Waals surface area contributed by atoms with Gasteiger partial charge in [0.05, 0.1) is 22.5 Å². The lowest BCUT2D eigenvalue weighted by atomic mass is 10.0. The van der Waals surface area contributed by atoms with E-state index in [-0.39, 0.29) is 11.3 Å². The van der Waals surface area contributed by atoms with Gasteiger partial charge in [-0.2, -0.15) is 5.10 Å². The van der Waals surface area contributed by atoms with Gasteiger partial charge in [0.25, 0.3) is 0 Å². The molecule has 2 heterocycles. The molecule has 6 heteroatoms. The molecule has 0 unspecified atom stereocenters. The van der Waals surface area contributed by atoms with Crippen molar-refractivity contribution in [1.29, 1.82) is 0 Å². The molecule has 0 N–H and O–H groups in total. The second-order valence-electron chi connectivity index (χ2n) is 5.14. The van der Waals surface area contributed by atoms with Gasteiger partial charge in [-0.15, -0.1) is 0 Å². The van der Waals surface area contributed by atoms with E-state index in [4.69, 9.17) is 0 Å². The smallest absolute Gasteiger partial charge is 0.201 e. The van der Waals surface area contributed by atoms with Gasteiger partial charge in [0.2, 0.25) is 5.78 Å². The summed E-state index contributed by atoms with van der Waals surface area (Å²) in [5.41, 5.74) is 1.79.